The summed E-state index contributed by atoms with van der Waals surface area (Å²) in [4.78, 5) is 15.7. The number of aromatic hydroxyl groups is 1. The molecule has 0 radical (unpaired) electrons. The molecule has 0 saturated carbocycles. The first-order valence-corrected chi connectivity index (χ1v) is 8.72. The Morgan fingerprint density at radius 3 is 2.76 bits per heavy atom. The van der Waals surface area contributed by atoms with Gasteiger partial charge in [0.2, 0.25) is 5.78 Å². The molecule has 3 heterocycles. The second-order valence-electron chi connectivity index (χ2n) is 5.78. The van der Waals surface area contributed by atoms with E-state index in [2.05, 4.69) is 4.90 Å². The normalized spacial score (nSPS) is 15.2. The predicted molar refractivity (Wildman–Crippen MR) is 99.0 cm³/mol. The third-order valence-corrected chi connectivity index (χ3v) is 5.17. The maximum Gasteiger partial charge on any atom is 0.206 e. The summed E-state index contributed by atoms with van der Waals surface area (Å²) in [5.41, 5.74) is 1.87. The van der Waals surface area contributed by atoms with Crippen molar-refractivity contribution in [2.45, 2.75) is 6.54 Å². The Morgan fingerprint density at radius 2 is 2.04 bits per heavy atom. The van der Waals surface area contributed by atoms with Crippen LogP contribution in [-0.2, 0) is 11.3 Å². The van der Waals surface area contributed by atoms with Gasteiger partial charge >= 0.3 is 0 Å². The Hall–Kier alpha value is -1.86. The molecule has 1 saturated heterocycles. The van der Waals surface area contributed by atoms with Gasteiger partial charge in [-0.15, -0.1) is 23.7 Å². The number of carbonyl (C=O) groups excluding carboxylic acids is 1. The number of rotatable bonds is 4. The molecule has 0 spiro atoms. The van der Waals surface area contributed by atoms with Crippen LogP contribution < -0.4 is 0 Å². The smallest absolute Gasteiger partial charge is 0.206 e. The van der Waals surface area contributed by atoms with Crippen LogP contribution >= 0.6 is 23.7 Å². The number of thiophene rings is 1. The van der Waals surface area contributed by atoms with E-state index in [0.29, 0.717) is 41.2 Å². The van der Waals surface area contributed by atoms with Crippen molar-refractivity contribution in [1.29, 1.82) is 0 Å². The number of furan rings is 1. The summed E-state index contributed by atoms with van der Waals surface area (Å²) in [7, 11) is 0. The zero-order valence-corrected chi connectivity index (χ0v) is 15.1. The van der Waals surface area contributed by atoms with Gasteiger partial charge in [-0.3, -0.25) is 9.69 Å². The summed E-state index contributed by atoms with van der Waals surface area (Å²) in [6.45, 7) is 3.55. The molecule has 25 heavy (non-hydrogen) atoms. The summed E-state index contributed by atoms with van der Waals surface area (Å²) in [5, 5.41) is 13.0. The molecular weight excluding hydrogens is 362 g/mol. The SMILES string of the molecule is Cl.O=C(c1cccs1)c1coc2ccc(O)c(CN3CCOCC3)c12. The largest absolute Gasteiger partial charge is 0.508 e. The van der Waals surface area contributed by atoms with Gasteiger partial charge in [-0.05, 0) is 23.6 Å². The van der Waals surface area contributed by atoms with Gasteiger partial charge in [0.05, 0.1) is 23.7 Å². The number of hydrogen-bond acceptors (Lipinski definition) is 6. The molecular formula is C18H18ClNO4S. The Balaban J connectivity index is 0.00000182. The molecule has 2 aromatic heterocycles. The molecule has 132 valence electrons. The third kappa shape index (κ3) is 3.43. The van der Waals surface area contributed by atoms with E-state index in [0.717, 1.165) is 18.7 Å². The molecule has 1 fully saturated rings. The van der Waals surface area contributed by atoms with Gasteiger partial charge in [0.25, 0.3) is 0 Å². The van der Waals surface area contributed by atoms with E-state index in [1.807, 2.05) is 11.4 Å². The number of morpholine rings is 1. The summed E-state index contributed by atoms with van der Waals surface area (Å²) in [6.07, 6.45) is 1.50. The molecule has 0 aliphatic carbocycles. The molecule has 0 unspecified atom stereocenters. The number of phenols is 1. The van der Waals surface area contributed by atoms with Crippen LogP contribution in [0.25, 0.3) is 11.0 Å². The fourth-order valence-corrected chi connectivity index (χ4v) is 3.72. The average Bonchev–Trinajstić information content (AvgIpc) is 3.27. The van der Waals surface area contributed by atoms with Crippen LogP contribution in [0.3, 0.4) is 0 Å². The van der Waals surface area contributed by atoms with Crippen molar-refractivity contribution in [3.8, 4) is 5.75 Å². The van der Waals surface area contributed by atoms with Gasteiger partial charge in [-0.25, -0.2) is 0 Å². The minimum Gasteiger partial charge on any atom is -0.508 e. The van der Waals surface area contributed by atoms with Crippen molar-refractivity contribution in [3.63, 3.8) is 0 Å². The van der Waals surface area contributed by atoms with Crippen LogP contribution in [0.5, 0.6) is 5.75 Å². The maximum absolute atomic E-state index is 12.8. The van der Waals surface area contributed by atoms with Crippen LogP contribution in [0.15, 0.2) is 40.3 Å². The number of nitrogens with zero attached hydrogens (tertiary/aromatic N) is 1. The number of ether oxygens (including phenoxy) is 1. The second kappa shape index (κ2) is 7.58. The number of carbonyl (C=O) groups is 1. The summed E-state index contributed by atoms with van der Waals surface area (Å²) >= 11 is 1.40. The van der Waals surface area contributed by atoms with Gasteiger partial charge < -0.3 is 14.3 Å². The van der Waals surface area contributed by atoms with E-state index in [4.69, 9.17) is 9.15 Å². The summed E-state index contributed by atoms with van der Waals surface area (Å²) in [5.74, 6) is 0.119. The van der Waals surface area contributed by atoms with Crippen LogP contribution in [0, 0.1) is 0 Å². The lowest BCUT2D eigenvalue weighted by molar-refractivity contribution is 0.0340. The quantitative estimate of drug-likeness (QED) is 0.700. The molecule has 1 aromatic carbocycles. The molecule has 0 bridgehead atoms. The van der Waals surface area contributed by atoms with Crippen LogP contribution in [0.4, 0.5) is 0 Å². The number of fused-ring (bicyclic) bond motifs is 1. The second-order valence-corrected chi connectivity index (χ2v) is 6.73. The standard InChI is InChI=1S/C18H17NO4S.ClH/c20-14-3-4-15-17(12(14)10-19-5-7-22-8-6-19)13(11-23-15)18(21)16-2-1-9-24-16;/h1-4,9,11,20H,5-8,10H2;1H. The first-order valence-electron chi connectivity index (χ1n) is 7.84. The highest BCUT2D eigenvalue weighted by Crippen LogP contribution is 2.34. The van der Waals surface area contributed by atoms with Crippen LogP contribution in [-0.4, -0.2) is 42.1 Å². The summed E-state index contributed by atoms with van der Waals surface area (Å²) in [6, 6.07) is 6.99. The lowest BCUT2D eigenvalue weighted by Crippen LogP contribution is -2.35. The monoisotopic (exact) mass is 379 g/mol. The lowest BCUT2D eigenvalue weighted by atomic mass is 10.0. The van der Waals surface area contributed by atoms with Gasteiger partial charge in [0.1, 0.15) is 17.6 Å². The number of benzene rings is 1. The summed E-state index contributed by atoms with van der Waals surface area (Å²) < 4.78 is 11.0. The number of halogens is 1. The van der Waals surface area contributed by atoms with Gasteiger partial charge in [0.15, 0.2) is 0 Å². The highest BCUT2D eigenvalue weighted by Gasteiger charge is 2.23. The first-order chi connectivity index (χ1) is 11.7. The Morgan fingerprint density at radius 1 is 1.24 bits per heavy atom. The molecule has 3 aromatic rings. The fourth-order valence-electron chi connectivity index (χ4n) is 3.04. The van der Waals surface area contributed by atoms with Crippen molar-refractivity contribution >= 4 is 40.5 Å². The van der Waals surface area contributed by atoms with Crippen molar-refractivity contribution in [3.05, 3.63) is 51.9 Å². The highest BCUT2D eigenvalue weighted by atomic mass is 35.5. The highest BCUT2D eigenvalue weighted by molar-refractivity contribution is 7.12. The van der Waals surface area contributed by atoms with E-state index in [-0.39, 0.29) is 23.9 Å². The Kier molecular flexibility index (Phi) is 5.44. The van der Waals surface area contributed by atoms with E-state index in [9.17, 15) is 9.90 Å². The van der Waals surface area contributed by atoms with E-state index in [1.165, 1.54) is 17.6 Å². The van der Waals surface area contributed by atoms with E-state index >= 15 is 0 Å². The zero-order chi connectivity index (χ0) is 16.5. The Labute approximate surface area is 155 Å². The minimum atomic E-state index is -0.0717. The third-order valence-electron chi connectivity index (χ3n) is 4.30. The molecule has 0 atom stereocenters. The molecule has 7 heteroatoms. The average molecular weight is 380 g/mol. The fraction of sp³-hybridized carbons (Fsp3) is 0.278. The zero-order valence-electron chi connectivity index (χ0n) is 13.4. The van der Waals surface area contributed by atoms with Crippen molar-refractivity contribution < 1.29 is 19.1 Å². The predicted octanol–water partition coefficient (Wildman–Crippen LogP) is 3.68. The van der Waals surface area contributed by atoms with Gasteiger partial charge in [-0.1, -0.05) is 6.07 Å². The van der Waals surface area contributed by atoms with Gasteiger partial charge in [-0.2, -0.15) is 0 Å². The van der Waals surface area contributed by atoms with Crippen molar-refractivity contribution in [1.82, 2.24) is 4.90 Å². The lowest BCUT2D eigenvalue weighted by Gasteiger charge is -2.27. The van der Waals surface area contributed by atoms with Crippen molar-refractivity contribution in [2.75, 3.05) is 26.3 Å². The van der Waals surface area contributed by atoms with Gasteiger partial charge in [0, 0.05) is 30.6 Å². The topological polar surface area (TPSA) is 62.9 Å². The first kappa shape index (κ1) is 17.9. The van der Waals surface area contributed by atoms with Crippen LogP contribution in [0.2, 0.25) is 0 Å². The number of ketones is 1. The molecule has 1 aliphatic rings. The van der Waals surface area contributed by atoms with Crippen molar-refractivity contribution in [2.24, 2.45) is 0 Å². The van der Waals surface area contributed by atoms with Crippen LogP contribution in [0.1, 0.15) is 20.8 Å². The maximum atomic E-state index is 12.8. The molecule has 0 amide bonds. The molecule has 1 N–H and O–H groups in total. The van der Waals surface area contributed by atoms with E-state index < -0.39 is 0 Å². The number of hydrogen-bond donors (Lipinski definition) is 1. The molecule has 5 nitrogen and oxygen atoms in total. The Bertz CT molecular complexity index is 869. The molecule has 1 aliphatic heterocycles. The molecule has 4 rings (SSSR count). The minimum absolute atomic E-state index is 0. The van der Waals surface area contributed by atoms with E-state index in [1.54, 1.807) is 18.2 Å². The number of phenolic OH excluding ortho intramolecular Hbond substituents is 1.